The summed E-state index contributed by atoms with van der Waals surface area (Å²) in [6.45, 7) is 4.96. The van der Waals surface area contributed by atoms with Gasteiger partial charge >= 0.3 is 0 Å². The van der Waals surface area contributed by atoms with Crippen LogP contribution < -0.4 is 4.90 Å². The van der Waals surface area contributed by atoms with Gasteiger partial charge in [-0.2, -0.15) is 0 Å². The van der Waals surface area contributed by atoms with Crippen LogP contribution in [0.25, 0.3) is 42.4 Å². The molecule has 0 saturated heterocycles. The van der Waals surface area contributed by atoms with Crippen molar-refractivity contribution in [2.75, 3.05) is 4.90 Å². The lowest BCUT2D eigenvalue weighted by Gasteiger charge is -2.64. The molecule has 0 atom stereocenters. The van der Waals surface area contributed by atoms with Crippen molar-refractivity contribution in [1.29, 1.82) is 0 Å². The van der Waals surface area contributed by atoms with E-state index in [1.807, 2.05) is 11.3 Å². The second-order valence-electron chi connectivity index (χ2n) is 18.1. The molecule has 57 heavy (non-hydrogen) atoms. The summed E-state index contributed by atoms with van der Waals surface area (Å²) in [5, 5.41) is 2.69. The molecule has 2 heteroatoms. The van der Waals surface area contributed by atoms with Crippen LogP contribution in [0, 0.1) is 23.7 Å². The molecule has 7 aromatic carbocycles. The molecule has 0 unspecified atom stereocenters. The first-order valence-electron chi connectivity index (χ1n) is 21.2. The lowest BCUT2D eigenvalue weighted by Crippen LogP contribution is -2.58. The molecule has 5 aliphatic carbocycles. The van der Waals surface area contributed by atoms with E-state index in [9.17, 15) is 0 Å². The van der Waals surface area contributed by atoms with Gasteiger partial charge in [0, 0.05) is 48.1 Å². The number of rotatable bonds is 5. The maximum atomic E-state index is 2.58. The Morgan fingerprint density at radius 1 is 0.456 bits per heavy atom. The standard InChI is InChI=1S/C55H47NS/c1-54(2)47-19-9-10-20-48(47)55(38-30-35-29-36(32-38)33-39(55)31-35)49-28-27-42(34-50(49)54)56(40-13-4-3-5-14-40)41-25-23-37(24-26-41)43-15-6-7-16-44(43)45-18-12-22-52-53(45)46-17-8-11-21-51(46)57-52/h3-28,34-36,38-39H,29-33H2,1-2H3. The highest BCUT2D eigenvalue weighted by Gasteiger charge is 2.62. The van der Waals surface area contributed by atoms with Gasteiger partial charge in [-0.1, -0.05) is 129 Å². The predicted octanol–water partition coefficient (Wildman–Crippen LogP) is 15.2. The maximum absolute atomic E-state index is 2.58. The number of fused-ring (bicyclic) bond motifs is 5. The smallest absolute Gasteiger partial charge is 0.0464 e. The lowest BCUT2D eigenvalue weighted by atomic mass is 9.39. The first-order chi connectivity index (χ1) is 28.0. The van der Waals surface area contributed by atoms with E-state index >= 15 is 0 Å². The van der Waals surface area contributed by atoms with Crippen molar-refractivity contribution in [2.24, 2.45) is 23.7 Å². The van der Waals surface area contributed by atoms with Crippen LogP contribution in [0.2, 0.25) is 0 Å². The molecule has 0 N–H and O–H groups in total. The first-order valence-corrected chi connectivity index (χ1v) is 22.0. The minimum absolute atomic E-state index is 0.103. The fourth-order valence-corrected chi connectivity index (χ4v) is 14.0. The van der Waals surface area contributed by atoms with E-state index in [0.717, 1.165) is 23.7 Å². The molecule has 4 saturated carbocycles. The molecule has 5 aliphatic rings. The van der Waals surface area contributed by atoms with Crippen LogP contribution in [-0.4, -0.2) is 0 Å². The van der Waals surface area contributed by atoms with Crippen LogP contribution >= 0.6 is 11.3 Å². The second kappa shape index (κ2) is 12.5. The van der Waals surface area contributed by atoms with Crippen molar-refractivity contribution in [3.63, 3.8) is 0 Å². The van der Waals surface area contributed by atoms with Crippen LogP contribution in [0.15, 0.2) is 164 Å². The third-order valence-corrected chi connectivity index (χ3v) is 16.1. The van der Waals surface area contributed by atoms with Crippen molar-refractivity contribution in [1.82, 2.24) is 0 Å². The molecule has 13 rings (SSSR count). The summed E-state index contributed by atoms with van der Waals surface area (Å²) in [6.07, 6.45) is 7.06. The highest BCUT2D eigenvalue weighted by atomic mass is 32.1. The second-order valence-corrected chi connectivity index (χ2v) is 19.2. The summed E-state index contributed by atoms with van der Waals surface area (Å²) in [5.74, 6) is 3.33. The molecule has 1 heterocycles. The zero-order valence-electron chi connectivity index (χ0n) is 32.8. The van der Waals surface area contributed by atoms with Crippen molar-refractivity contribution in [3.8, 4) is 22.3 Å². The Balaban J connectivity index is 0.986. The number of benzene rings is 7. The topological polar surface area (TPSA) is 3.24 Å². The van der Waals surface area contributed by atoms with E-state index in [-0.39, 0.29) is 10.8 Å². The van der Waals surface area contributed by atoms with E-state index in [1.54, 1.807) is 16.7 Å². The van der Waals surface area contributed by atoms with Crippen LogP contribution in [-0.2, 0) is 10.8 Å². The zero-order chi connectivity index (χ0) is 37.9. The molecule has 0 radical (unpaired) electrons. The largest absolute Gasteiger partial charge is 0.310 e. The Hall–Kier alpha value is -5.44. The van der Waals surface area contributed by atoms with Gasteiger partial charge in [-0.15, -0.1) is 11.3 Å². The monoisotopic (exact) mass is 753 g/mol. The fraction of sp³-hybridized carbons (Fsp3) is 0.236. The first kappa shape index (κ1) is 33.7. The highest BCUT2D eigenvalue weighted by Crippen LogP contribution is 2.69. The number of hydrogen-bond donors (Lipinski definition) is 0. The molecule has 1 aromatic heterocycles. The zero-order valence-corrected chi connectivity index (χ0v) is 33.6. The molecule has 4 fully saturated rings. The molecule has 278 valence electrons. The van der Waals surface area contributed by atoms with Gasteiger partial charge in [0.1, 0.15) is 0 Å². The summed E-state index contributed by atoms with van der Waals surface area (Å²) in [7, 11) is 0. The van der Waals surface area contributed by atoms with Gasteiger partial charge in [0.25, 0.3) is 0 Å². The number of para-hydroxylation sites is 1. The third kappa shape index (κ3) is 4.86. The number of thiophene rings is 1. The van der Waals surface area contributed by atoms with E-state index < -0.39 is 0 Å². The van der Waals surface area contributed by atoms with Gasteiger partial charge in [-0.25, -0.2) is 0 Å². The fourth-order valence-electron chi connectivity index (χ4n) is 12.8. The Bertz CT molecular complexity index is 2810. The molecule has 0 amide bonds. The van der Waals surface area contributed by atoms with Crippen LogP contribution in [0.1, 0.15) is 68.2 Å². The highest BCUT2D eigenvalue weighted by molar-refractivity contribution is 7.25. The van der Waals surface area contributed by atoms with Crippen LogP contribution in [0.4, 0.5) is 17.1 Å². The normalized spacial score (nSPS) is 23.8. The summed E-state index contributed by atoms with van der Waals surface area (Å²) >= 11 is 1.88. The van der Waals surface area contributed by atoms with Crippen molar-refractivity contribution >= 4 is 48.6 Å². The molecule has 0 aliphatic heterocycles. The Labute approximate surface area is 340 Å². The summed E-state index contributed by atoms with van der Waals surface area (Å²) in [6, 6.07) is 62.1. The molecular formula is C55H47NS. The van der Waals surface area contributed by atoms with Crippen molar-refractivity contribution in [2.45, 2.75) is 56.8 Å². The average molecular weight is 754 g/mol. The molecule has 1 spiro atoms. The molecular weight excluding hydrogens is 707 g/mol. The van der Waals surface area contributed by atoms with Crippen molar-refractivity contribution in [3.05, 3.63) is 186 Å². The van der Waals surface area contributed by atoms with Gasteiger partial charge < -0.3 is 4.90 Å². The molecule has 1 nitrogen and oxygen atoms in total. The predicted molar refractivity (Wildman–Crippen MR) is 241 cm³/mol. The minimum atomic E-state index is -0.103. The van der Waals surface area contributed by atoms with Crippen LogP contribution in [0.5, 0.6) is 0 Å². The maximum Gasteiger partial charge on any atom is 0.0464 e. The van der Waals surface area contributed by atoms with E-state index in [4.69, 9.17) is 0 Å². The van der Waals surface area contributed by atoms with Gasteiger partial charge in [0.2, 0.25) is 0 Å². The van der Waals surface area contributed by atoms with Gasteiger partial charge in [0.05, 0.1) is 0 Å². The summed E-state index contributed by atoms with van der Waals surface area (Å²) in [4.78, 5) is 2.48. The third-order valence-electron chi connectivity index (χ3n) is 14.9. The van der Waals surface area contributed by atoms with E-state index in [0.29, 0.717) is 0 Å². The summed E-state index contributed by atoms with van der Waals surface area (Å²) in [5.41, 5.74) is 15.0. The Kier molecular flexibility index (Phi) is 7.40. The van der Waals surface area contributed by atoms with E-state index in [2.05, 4.69) is 183 Å². The van der Waals surface area contributed by atoms with Crippen molar-refractivity contribution < 1.29 is 0 Å². The molecule has 8 aromatic rings. The van der Waals surface area contributed by atoms with E-state index in [1.165, 1.54) is 97.2 Å². The lowest BCUT2D eigenvalue weighted by molar-refractivity contribution is -0.0443. The number of nitrogens with zero attached hydrogens (tertiary/aromatic N) is 1. The SMILES string of the molecule is CC1(C)c2ccccc2C2(c3ccc(N(c4ccccc4)c4ccc(-c5ccccc5-c5cccc6sc7ccccc7c56)cc4)cc31)C1CC3CC(C1)CC2C3. The van der Waals surface area contributed by atoms with Gasteiger partial charge in [-0.3, -0.25) is 0 Å². The van der Waals surface area contributed by atoms with Gasteiger partial charge in [-0.05, 0) is 149 Å². The Morgan fingerprint density at radius 3 is 1.81 bits per heavy atom. The van der Waals surface area contributed by atoms with Gasteiger partial charge in [0.15, 0.2) is 0 Å². The quantitative estimate of drug-likeness (QED) is 0.169. The van der Waals surface area contributed by atoms with Crippen LogP contribution in [0.3, 0.4) is 0 Å². The summed E-state index contributed by atoms with van der Waals surface area (Å²) < 4.78 is 2.68. The average Bonchev–Trinajstić information content (AvgIpc) is 3.64. The Morgan fingerprint density at radius 2 is 1.04 bits per heavy atom. The number of hydrogen-bond acceptors (Lipinski definition) is 2. The molecule has 4 bridgehead atoms. The minimum Gasteiger partial charge on any atom is -0.310 e. The number of anilines is 3.